The van der Waals surface area contributed by atoms with Crippen molar-refractivity contribution in [2.75, 3.05) is 0 Å². The molecule has 51 heavy (non-hydrogen) atoms. The van der Waals surface area contributed by atoms with Crippen LogP contribution in [0.15, 0.2) is 144 Å². The zero-order valence-electron chi connectivity index (χ0n) is 28.0. The highest BCUT2D eigenvalue weighted by Gasteiger charge is 2.40. The maximum absolute atomic E-state index is 6.70. The summed E-state index contributed by atoms with van der Waals surface area (Å²) in [6.45, 7) is 4.76. The molecule has 0 radical (unpaired) electrons. The molecule has 12 rings (SSSR count). The Morgan fingerprint density at radius 1 is 0.529 bits per heavy atom. The van der Waals surface area contributed by atoms with Crippen molar-refractivity contribution in [3.8, 4) is 28.2 Å². The third kappa shape index (κ3) is 3.35. The smallest absolute Gasteiger partial charge is 0.165 e. The SMILES string of the molecule is CC1(C)c2ccccc2-c2cc3c4ccccc4c4cccc5oc6ccc7c(c6c54)c3c(c21)n7-c1nc2ccccc2nc1-c1ccccc1. The van der Waals surface area contributed by atoms with Crippen molar-refractivity contribution >= 4 is 76.3 Å². The van der Waals surface area contributed by atoms with Crippen LogP contribution in [0.1, 0.15) is 25.0 Å². The quantitative estimate of drug-likeness (QED) is 0.187. The molecule has 0 spiro atoms. The van der Waals surface area contributed by atoms with Crippen molar-refractivity contribution in [2.24, 2.45) is 0 Å². The predicted octanol–water partition coefficient (Wildman–Crippen LogP) is 12.3. The lowest BCUT2D eigenvalue weighted by molar-refractivity contribution is 0.664. The standard InChI is InChI=1S/C47H29N3O/c1-47(2)33-19-9-8-17-29(33)32-25-31-28-16-7-6-15-27(28)30-18-12-22-37-39(30)42-38(51-37)24-23-36-41(42)40(31)45(43(32)47)50(36)46-44(26-13-4-3-5-14-26)48-34-20-10-11-21-35(34)49-46/h3-25H,1-2H3. The van der Waals surface area contributed by atoms with Gasteiger partial charge in [-0.3, -0.25) is 4.57 Å². The molecule has 3 heterocycles. The van der Waals surface area contributed by atoms with E-state index in [0.29, 0.717) is 0 Å². The van der Waals surface area contributed by atoms with Crippen molar-refractivity contribution in [2.45, 2.75) is 19.3 Å². The van der Waals surface area contributed by atoms with Crippen molar-refractivity contribution in [3.05, 3.63) is 151 Å². The molecule has 0 aliphatic heterocycles. The fourth-order valence-electron chi connectivity index (χ4n) is 9.39. The van der Waals surface area contributed by atoms with Gasteiger partial charge in [-0.05, 0) is 80.2 Å². The van der Waals surface area contributed by atoms with Gasteiger partial charge < -0.3 is 4.42 Å². The molecule has 0 saturated heterocycles. The Hall–Kier alpha value is -6.52. The minimum atomic E-state index is -0.279. The zero-order chi connectivity index (χ0) is 33.6. The molecule has 4 nitrogen and oxygen atoms in total. The zero-order valence-corrected chi connectivity index (χ0v) is 28.0. The Bertz CT molecular complexity index is 3270. The van der Waals surface area contributed by atoms with Crippen LogP contribution in [0.4, 0.5) is 0 Å². The summed E-state index contributed by atoms with van der Waals surface area (Å²) in [6.07, 6.45) is 0. The molecule has 238 valence electrons. The molecule has 0 atom stereocenters. The average molecular weight is 652 g/mol. The van der Waals surface area contributed by atoms with Gasteiger partial charge in [0.25, 0.3) is 0 Å². The number of benzene rings is 7. The third-order valence-corrected chi connectivity index (χ3v) is 11.5. The monoisotopic (exact) mass is 651 g/mol. The van der Waals surface area contributed by atoms with Crippen LogP contribution in [-0.2, 0) is 5.41 Å². The Morgan fingerprint density at radius 2 is 1.22 bits per heavy atom. The molecule has 0 unspecified atom stereocenters. The van der Waals surface area contributed by atoms with Crippen LogP contribution in [0.25, 0.3) is 105 Å². The lowest BCUT2D eigenvalue weighted by Gasteiger charge is -2.24. The Morgan fingerprint density at radius 3 is 2.06 bits per heavy atom. The number of nitrogens with zero attached hydrogens (tertiary/aromatic N) is 3. The molecule has 0 bridgehead atoms. The molecule has 0 fully saturated rings. The highest BCUT2D eigenvalue weighted by atomic mass is 16.3. The van der Waals surface area contributed by atoms with E-state index in [-0.39, 0.29) is 5.41 Å². The summed E-state index contributed by atoms with van der Waals surface area (Å²) in [5.41, 5.74) is 12.6. The number of fused-ring (bicyclic) bond motifs is 8. The van der Waals surface area contributed by atoms with E-state index >= 15 is 0 Å². The van der Waals surface area contributed by atoms with Gasteiger partial charge in [0.05, 0.1) is 22.1 Å². The summed E-state index contributed by atoms with van der Waals surface area (Å²) in [4.78, 5) is 10.9. The maximum Gasteiger partial charge on any atom is 0.165 e. The van der Waals surface area contributed by atoms with E-state index in [1.54, 1.807) is 0 Å². The summed E-state index contributed by atoms with van der Waals surface area (Å²) in [6, 6.07) is 49.9. The first-order chi connectivity index (χ1) is 25.1. The lowest BCUT2D eigenvalue weighted by atomic mass is 9.81. The third-order valence-electron chi connectivity index (χ3n) is 11.5. The van der Waals surface area contributed by atoms with Gasteiger partial charge in [-0.2, -0.15) is 0 Å². The summed E-state index contributed by atoms with van der Waals surface area (Å²) in [5.74, 6) is 0.825. The van der Waals surface area contributed by atoms with Crippen molar-refractivity contribution in [3.63, 3.8) is 0 Å². The molecule has 0 saturated carbocycles. The van der Waals surface area contributed by atoms with Crippen LogP contribution < -0.4 is 0 Å². The molecule has 1 aliphatic rings. The van der Waals surface area contributed by atoms with E-state index in [1.165, 1.54) is 60.1 Å². The lowest BCUT2D eigenvalue weighted by Crippen LogP contribution is -2.17. The van der Waals surface area contributed by atoms with Crippen LogP contribution in [0.5, 0.6) is 0 Å². The summed E-state index contributed by atoms with van der Waals surface area (Å²) in [5, 5.41) is 9.58. The van der Waals surface area contributed by atoms with E-state index in [4.69, 9.17) is 14.4 Å². The van der Waals surface area contributed by atoms with Gasteiger partial charge in [-0.25, -0.2) is 9.97 Å². The van der Waals surface area contributed by atoms with E-state index in [1.807, 2.05) is 12.1 Å². The molecule has 8 aromatic carbocycles. The van der Waals surface area contributed by atoms with Crippen LogP contribution in [0.3, 0.4) is 0 Å². The highest BCUT2D eigenvalue weighted by molar-refractivity contribution is 6.39. The van der Waals surface area contributed by atoms with Crippen LogP contribution in [0.2, 0.25) is 0 Å². The van der Waals surface area contributed by atoms with Gasteiger partial charge in [-0.15, -0.1) is 0 Å². The van der Waals surface area contributed by atoms with Crippen molar-refractivity contribution < 1.29 is 4.42 Å². The van der Waals surface area contributed by atoms with E-state index in [2.05, 4.69) is 146 Å². The summed E-state index contributed by atoms with van der Waals surface area (Å²) >= 11 is 0. The summed E-state index contributed by atoms with van der Waals surface area (Å²) in [7, 11) is 0. The van der Waals surface area contributed by atoms with Crippen LogP contribution in [-0.4, -0.2) is 14.5 Å². The largest absolute Gasteiger partial charge is 0.456 e. The van der Waals surface area contributed by atoms with Gasteiger partial charge >= 0.3 is 0 Å². The summed E-state index contributed by atoms with van der Waals surface area (Å²) < 4.78 is 9.14. The first-order valence-electron chi connectivity index (χ1n) is 17.6. The normalized spacial score (nSPS) is 13.8. The van der Waals surface area contributed by atoms with Crippen LogP contribution >= 0.6 is 0 Å². The molecule has 3 aromatic heterocycles. The Balaban J connectivity index is 1.43. The van der Waals surface area contributed by atoms with E-state index < -0.39 is 0 Å². The fraction of sp³-hybridized carbons (Fsp3) is 0.0638. The predicted molar refractivity (Wildman–Crippen MR) is 210 cm³/mol. The van der Waals surface area contributed by atoms with Crippen molar-refractivity contribution in [1.82, 2.24) is 14.5 Å². The maximum atomic E-state index is 6.70. The second-order valence-electron chi connectivity index (χ2n) is 14.5. The first kappa shape index (κ1) is 27.3. The molecule has 11 aromatic rings. The fourth-order valence-corrected chi connectivity index (χ4v) is 9.39. The number of rotatable bonds is 2. The molecule has 1 aliphatic carbocycles. The van der Waals surface area contributed by atoms with Gasteiger partial charge in [0, 0.05) is 32.5 Å². The van der Waals surface area contributed by atoms with Gasteiger partial charge in [0.2, 0.25) is 0 Å². The number of aromatic nitrogens is 3. The number of hydrogen-bond donors (Lipinski definition) is 0. The van der Waals surface area contributed by atoms with E-state index in [0.717, 1.165) is 55.6 Å². The second-order valence-corrected chi connectivity index (χ2v) is 14.5. The van der Waals surface area contributed by atoms with E-state index in [9.17, 15) is 0 Å². The molecule has 4 heteroatoms. The molecule has 0 N–H and O–H groups in total. The topological polar surface area (TPSA) is 43.9 Å². The minimum Gasteiger partial charge on any atom is -0.456 e. The number of furan rings is 1. The molecular weight excluding hydrogens is 623 g/mol. The van der Waals surface area contributed by atoms with Gasteiger partial charge in [0.1, 0.15) is 16.9 Å². The first-order valence-corrected chi connectivity index (χ1v) is 17.6. The van der Waals surface area contributed by atoms with Crippen LogP contribution in [0, 0.1) is 0 Å². The second kappa shape index (κ2) is 9.38. The van der Waals surface area contributed by atoms with Gasteiger partial charge in [-0.1, -0.05) is 117 Å². The molecule has 0 amide bonds. The average Bonchev–Trinajstić information content (AvgIpc) is 3.79. The minimum absolute atomic E-state index is 0.279. The number of para-hydroxylation sites is 2. The van der Waals surface area contributed by atoms with Gasteiger partial charge in [0.15, 0.2) is 5.82 Å². The molecular formula is C47H29N3O. The van der Waals surface area contributed by atoms with Crippen molar-refractivity contribution in [1.29, 1.82) is 0 Å². The Labute approximate surface area is 292 Å². The Kier molecular flexibility index (Phi) is 5.02. The number of hydrogen-bond acceptors (Lipinski definition) is 3. The highest BCUT2D eigenvalue weighted by Crippen LogP contribution is 2.56.